The summed E-state index contributed by atoms with van der Waals surface area (Å²) in [6.45, 7) is 12.5. The molecule has 1 aromatic heterocycles. The molecule has 210 valence electrons. The molecular weight excluding hydrogens is 458 g/mol. The number of fused-ring (bicyclic) bond motifs is 5. The number of aromatic nitrogens is 2. The van der Waals surface area contributed by atoms with E-state index in [0.717, 1.165) is 66.9 Å². The van der Waals surface area contributed by atoms with Crippen LogP contribution in [0.3, 0.4) is 0 Å². The largest absolute Gasteiger partial charge is 0.393 e. The number of aliphatic hydroxyl groups is 2. The number of hydrogen-bond donors (Lipinski definition) is 4. The number of nitrogens with zero attached hydrogens (tertiary/aromatic N) is 1. The highest BCUT2D eigenvalue weighted by Crippen LogP contribution is 2.68. The molecule has 11 atom stereocenters. The highest BCUT2D eigenvalue weighted by molar-refractivity contribution is 5.13. The fourth-order valence-corrected chi connectivity index (χ4v) is 10.4. The Morgan fingerprint density at radius 1 is 1.00 bits per heavy atom. The number of H-pyrrole nitrogens is 1. The molecule has 0 aliphatic heterocycles. The first-order chi connectivity index (χ1) is 17.6. The van der Waals surface area contributed by atoms with E-state index in [4.69, 9.17) is 0 Å². The zero-order valence-electron chi connectivity index (χ0n) is 24.3. The fourth-order valence-electron chi connectivity index (χ4n) is 10.4. The van der Waals surface area contributed by atoms with E-state index < -0.39 is 6.23 Å². The van der Waals surface area contributed by atoms with Gasteiger partial charge < -0.3 is 15.2 Å². The highest BCUT2D eigenvalue weighted by atomic mass is 16.3. The lowest BCUT2D eigenvalue weighted by molar-refractivity contribution is -0.146. The fraction of sp³-hybridized carbons (Fsp3) is 0.906. The van der Waals surface area contributed by atoms with E-state index >= 15 is 0 Å². The number of hydrogen-bond acceptors (Lipinski definition) is 4. The molecule has 0 saturated heterocycles. The quantitative estimate of drug-likeness (QED) is 0.291. The van der Waals surface area contributed by atoms with Gasteiger partial charge in [0.15, 0.2) is 0 Å². The molecule has 0 radical (unpaired) electrons. The van der Waals surface area contributed by atoms with Gasteiger partial charge in [-0.1, -0.05) is 53.9 Å². The predicted octanol–water partition coefficient (Wildman–Crippen LogP) is 6.32. The third-order valence-electron chi connectivity index (χ3n) is 12.3. The average Bonchev–Trinajstić information content (AvgIpc) is 3.47. The lowest BCUT2D eigenvalue weighted by Gasteiger charge is -2.63. The Labute approximate surface area is 226 Å². The summed E-state index contributed by atoms with van der Waals surface area (Å²) >= 11 is 0. The highest BCUT2D eigenvalue weighted by Gasteiger charge is 2.62. The molecule has 1 aromatic rings. The Balaban J connectivity index is 1.34. The Bertz CT molecular complexity index is 873. The molecule has 5 heteroatoms. The summed E-state index contributed by atoms with van der Waals surface area (Å²) in [6, 6.07) is 0.264. The van der Waals surface area contributed by atoms with Crippen LogP contribution in [0.2, 0.25) is 0 Å². The number of imidazole rings is 1. The van der Waals surface area contributed by atoms with E-state index in [1.54, 1.807) is 6.33 Å². The van der Waals surface area contributed by atoms with E-state index in [0.29, 0.717) is 17.8 Å². The molecule has 1 heterocycles. The first-order valence-corrected chi connectivity index (χ1v) is 15.7. The van der Waals surface area contributed by atoms with Gasteiger partial charge in [-0.25, -0.2) is 4.98 Å². The molecule has 0 spiro atoms. The van der Waals surface area contributed by atoms with Crippen molar-refractivity contribution in [2.75, 3.05) is 0 Å². The van der Waals surface area contributed by atoms with Crippen molar-refractivity contribution in [3.8, 4) is 0 Å². The summed E-state index contributed by atoms with van der Waals surface area (Å²) in [5, 5.41) is 25.5. The minimum Gasteiger partial charge on any atom is -0.393 e. The van der Waals surface area contributed by atoms with Crippen LogP contribution in [0.25, 0.3) is 0 Å². The lowest BCUT2D eigenvalue weighted by Crippen LogP contribution is -2.62. The number of nitrogens with one attached hydrogen (secondary N) is 2. The average molecular weight is 514 g/mol. The first kappa shape index (κ1) is 27.6. The summed E-state index contributed by atoms with van der Waals surface area (Å²) < 4.78 is 0. The van der Waals surface area contributed by atoms with Gasteiger partial charge in [-0.15, -0.1) is 0 Å². The third kappa shape index (κ3) is 5.31. The zero-order chi connectivity index (χ0) is 26.4. The minimum atomic E-state index is -0.597. The van der Waals surface area contributed by atoms with Crippen molar-refractivity contribution in [3.63, 3.8) is 0 Å². The van der Waals surface area contributed by atoms with Crippen LogP contribution in [0.4, 0.5) is 0 Å². The first-order valence-electron chi connectivity index (χ1n) is 15.7. The van der Waals surface area contributed by atoms with Gasteiger partial charge in [0.25, 0.3) is 0 Å². The predicted molar refractivity (Wildman–Crippen MR) is 150 cm³/mol. The van der Waals surface area contributed by atoms with E-state index in [-0.39, 0.29) is 17.6 Å². The Hall–Kier alpha value is -0.910. The van der Waals surface area contributed by atoms with Crippen molar-refractivity contribution in [1.29, 1.82) is 0 Å². The maximum absolute atomic E-state index is 11.1. The normalized spacial score (nSPS) is 43.2. The van der Waals surface area contributed by atoms with Crippen LogP contribution in [0.15, 0.2) is 12.5 Å². The SMILES string of the molecule is CC(C)CCC[C@@H](C)[C@H]1CC[C@H]2[C@@H]3C[C@@H](NC(O)Cc4c[nH]cn4)C4C[C@@H](O)CC[C@]4(C)[C@H]3CC[C@]12C. The monoisotopic (exact) mass is 513 g/mol. The molecule has 4 fully saturated rings. The molecular formula is C32H55N3O2. The van der Waals surface area contributed by atoms with Crippen LogP contribution >= 0.6 is 0 Å². The van der Waals surface area contributed by atoms with Crippen molar-refractivity contribution in [3.05, 3.63) is 18.2 Å². The van der Waals surface area contributed by atoms with Gasteiger partial charge in [-0.05, 0) is 104 Å². The van der Waals surface area contributed by atoms with Crippen molar-refractivity contribution in [2.45, 2.75) is 130 Å². The summed E-state index contributed by atoms with van der Waals surface area (Å²) in [6.07, 6.45) is 17.1. The van der Waals surface area contributed by atoms with Crippen LogP contribution in [-0.2, 0) is 6.42 Å². The van der Waals surface area contributed by atoms with E-state index in [2.05, 4.69) is 49.9 Å². The molecule has 0 bridgehead atoms. The topological polar surface area (TPSA) is 81.2 Å². The molecule has 5 nitrogen and oxygen atoms in total. The Morgan fingerprint density at radius 2 is 1.76 bits per heavy atom. The second kappa shape index (κ2) is 10.9. The van der Waals surface area contributed by atoms with Gasteiger partial charge in [0.05, 0.1) is 18.1 Å². The standard InChI is InChI=1S/C32H55N3O2/c1-20(2)7-6-8-21(3)25-9-10-26-24-17-29(35-30(37)15-22-18-33-19-34-22)28-16-23(36)11-13-32(28,5)27(24)12-14-31(25,26)4/h18-21,23-30,35-37H,6-17H2,1-5H3,(H,33,34)/t21-,23+,24+,25-,26+,27+,28?,29-,30?,31-,32-/m1/s1. The third-order valence-corrected chi connectivity index (χ3v) is 12.3. The van der Waals surface area contributed by atoms with Gasteiger partial charge in [0, 0.05) is 18.7 Å². The van der Waals surface area contributed by atoms with Crippen LogP contribution in [0, 0.1) is 52.3 Å². The van der Waals surface area contributed by atoms with Crippen molar-refractivity contribution < 1.29 is 10.2 Å². The zero-order valence-corrected chi connectivity index (χ0v) is 24.3. The van der Waals surface area contributed by atoms with Crippen molar-refractivity contribution >= 4 is 0 Å². The van der Waals surface area contributed by atoms with Gasteiger partial charge in [0.2, 0.25) is 0 Å². The van der Waals surface area contributed by atoms with Gasteiger partial charge in [-0.3, -0.25) is 5.32 Å². The van der Waals surface area contributed by atoms with E-state index in [1.165, 1.54) is 44.9 Å². The van der Waals surface area contributed by atoms with Crippen LogP contribution < -0.4 is 5.32 Å². The summed E-state index contributed by atoms with van der Waals surface area (Å²) in [5.41, 5.74) is 1.62. The maximum Gasteiger partial charge on any atom is 0.110 e. The minimum absolute atomic E-state index is 0.196. The van der Waals surface area contributed by atoms with E-state index in [9.17, 15) is 10.2 Å². The second-order valence-corrected chi connectivity index (χ2v) is 14.7. The molecule has 4 N–H and O–H groups in total. The summed E-state index contributed by atoms with van der Waals surface area (Å²) in [5.74, 6) is 5.24. The van der Waals surface area contributed by atoms with Crippen LogP contribution in [0.1, 0.15) is 111 Å². The molecule has 37 heavy (non-hydrogen) atoms. The molecule has 4 saturated carbocycles. The van der Waals surface area contributed by atoms with E-state index in [1.807, 2.05) is 6.20 Å². The Kier molecular flexibility index (Phi) is 8.17. The van der Waals surface area contributed by atoms with Gasteiger partial charge in [0.1, 0.15) is 6.23 Å². The van der Waals surface area contributed by atoms with Gasteiger partial charge in [-0.2, -0.15) is 0 Å². The van der Waals surface area contributed by atoms with Crippen molar-refractivity contribution in [1.82, 2.24) is 15.3 Å². The summed E-state index contributed by atoms with van der Waals surface area (Å²) in [4.78, 5) is 7.35. The lowest BCUT2D eigenvalue weighted by atomic mass is 9.43. The molecule has 4 aliphatic carbocycles. The molecule has 4 aliphatic rings. The van der Waals surface area contributed by atoms with Crippen LogP contribution in [-0.4, -0.2) is 38.6 Å². The molecule has 0 aromatic carbocycles. The molecule has 0 amide bonds. The Morgan fingerprint density at radius 3 is 2.49 bits per heavy atom. The smallest absolute Gasteiger partial charge is 0.110 e. The van der Waals surface area contributed by atoms with Crippen LogP contribution in [0.5, 0.6) is 0 Å². The molecule has 2 unspecified atom stereocenters. The summed E-state index contributed by atoms with van der Waals surface area (Å²) in [7, 11) is 0. The number of aliphatic hydroxyl groups excluding tert-OH is 2. The second-order valence-electron chi connectivity index (χ2n) is 14.7. The van der Waals surface area contributed by atoms with Gasteiger partial charge >= 0.3 is 0 Å². The van der Waals surface area contributed by atoms with Crippen molar-refractivity contribution in [2.24, 2.45) is 52.3 Å². The maximum atomic E-state index is 11.1. The number of aromatic amines is 1. The number of rotatable bonds is 9. The molecule has 5 rings (SSSR count).